The number of anilines is 1. The van der Waals surface area contributed by atoms with Gasteiger partial charge in [-0.1, -0.05) is 6.07 Å². The zero-order valence-corrected chi connectivity index (χ0v) is 20.3. The average molecular weight is 465 g/mol. The molecule has 2 amide bonds. The van der Waals surface area contributed by atoms with E-state index in [1.807, 2.05) is 18.7 Å². The summed E-state index contributed by atoms with van der Waals surface area (Å²) in [5.41, 5.74) is 5.73. The lowest BCUT2D eigenvalue weighted by molar-refractivity contribution is -0.0313. The molecule has 8 nitrogen and oxygen atoms in total. The minimum atomic E-state index is -3.90. The Labute approximate surface area is 191 Å². The standard InChI is InChI=1S/C23H36N4O4S/c1-14(2)27-13-17(12-20(27)22(28)26(3)4)32(30,31)25-23(29)24-21-18-9-5-7-15(18)11-16-8-6-10-19(16)21/h11,14,17,20,22,28H,5-10,12-13H2,1-4H3,(H2,24,25,29). The largest absolute Gasteiger partial charge is 0.377 e. The van der Waals surface area contributed by atoms with Crippen LogP contribution < -0.4 is 10.0 Å². The SMILES string of the molecule is CC(C)N1CC(S(=O)(=O)NC(=O)Nc2c3c(cc4c2CCC4)CCC3)CC1C(O)N(C)C. The molecule has 0 radical (unpaired) electrons. The van der Waals surface area contributed by atoms with Crippen LogP contribution in [0.25, 0.3) is 0 Å². The summed E-state index contributed by atoms with van der Waals surface area (Å²) < 4.78 is 28.5. The third kappa shape index (κ3) is 4.40. The smallest absolute Gasteiger partial charge is 0.332 e. The minimum Gasteiger partial charge on any atom is -0.377 e. The van der Waals surface area contributed by atoms with E-state index in [-0.39, 0.29) is 25.0 Å². The lowest BCUT2D eigenvalue weighted by Gasteiger charge is -2.34. The van der Waals surface area contributed by atoms with Crippen molar-refractivity contribution >= 4 is 21.7 Å². The number of likely N-dealkylation sites (tertiary alicyclic amines) is 1. The molecule has 2 aliphatic carbocycles. The van der Waals surface area contributed by atoms with Crippen LogP contribution in [0.3, 0.4) is 0 Å². The number of benzene rings is 1. The second-order valence-corrected chi connectivity index (χ2v) is 11.9. The fourth-order valence-electron chi connectivity index (χ4n) is 5.62. The molecule has 3 unspecified atom stereocenters. The van der Waals surface area contributed by atoms with Gasteiger partial charge in [0.25, 0.3) is 0 Å². The topological polar surface area (TPSA) is 102 Å². The normalized spacial score (nSPS) is 24.1. The predicted octanol–water partition coefficient (Wildman–Crippen LogP) is 1.85. The van der Waals surface area contributed by atoms with Crippen LogP contribution in [0.5, 0.6) is 0 Å². The number of carbonyl (C=O) groups is 1. The van der Waals surface area contributed by atoms with Crippen LogP contribution in [-0.4, -0.2) is 73.6 Å². The highest BCUT2D eigenvalue weighted by atomic mass is 32.2. The second kappa shape index (κ2) is 8.93. The van der Waals surface area contributed by atoms with E-state index in [9.17, 15) is 18.3 Å². The van der Waals surface area contributed by atoms with E-state index >= 15 is 0 Å². The number of nitrogens with zero attached hydrogens (tertiary/aromatic N) is 2. The summed E-state index contributed by atoms with van der Waals surface area (Å²) in [4.78, 5) is 16.5. The molecular formula is C23H36N4O4S. The van der Waals surface area contributed by atoms with Crippen molar-refractivity contribution in [1.29, 1.82) is 0 Å². The number of amides is 2. The maximum Gasteiger partial charge on any atom is 0.332 e. The summed E-state index contributed by atoms with van der Waals surface area (Å²) >= 11 is 0. The van der Waals surface area contributed by atoms with Gasteiger partial charge < -0.3 is 10.4 Å². The minimum absolute atomic E-state index is 0.0816. The highest BCUT2D eigenvalue weighted by molar-refractivity contribution is 7.90. The first-order chi connectivity index (χ1) is 15.1. The number of sulfonamides is 1. The Hall–Kier alpha value is -1.68. The molecule has 1 saturated heterocycles. The Balaban J connectivity index is 1.50. The molecule has 0 aromatic heterocycles. The number of hydrogen-bond donors (Lipinski definition) is 3. The first-order valence-electron chi connectivity index (χ1n) is 11.7. The number of aliphatic hydroxyl groups is 1. The van der Waals surface area contributed by atoms with Gasteiger partial charge in [-0.15, -0.1) is 0 Å². The number of fused-ring (bicyclic) bond motifs is 2. The Bertz CT molecular complexity index is 960. The number of aryl methyl sites for hydroxylation is 2. The molecule has 9 heteroatoms. The lowest BCUT2D eigenvalue weighted by Crippen LogP contribution is -2.48. The summed E-state index contributed by atoms with van der Waals surface area (Å²) in [6, 6.07) is 1.36. The average Bonchev–Trinajstić information content (AvgIpc) is 3.45. The third-order valence-corrected chi connectivity index (χ3v) is 8.96. The van der Waals surface area contributed by atoms with Crippen molar-refractivity contribution in [2.24, 2.45) is 0 Å². The fourth-order valence-corrected chi connectivity index (χ4v) is 6.92. The van der Waals surface area contributed by atoms with E-state index in [1.54, 1.807) is 19.0 Å². The highest BCUT2D eigenvalue weighted by Gasteiger charge is 2.44. The summed E-state index contributed by atoms with van der Waals surface area (Å²) in [5, 5.41) is 12.7. The molecular weight excluding hydrogens is 428 g/mol. The van der Waals surface area contributed by atoms with Gasteiger partial charge in [-0.05, 0) is 95.1 Å². The molecule has 32 heavy (non-hydrogen) atoms. The van der Waals surface area contributed by atoms with Crippen LogP contribution in [0.4, 0.5) is 10.5 Å². The number of hydrogen-bond acceptors (Lipinski definition) is 6. The van der Waals surface area contributed by atoms with E-state index in [2.05, 4.69) is 16.1 Å². The molecule has 0 saturated carbocycles. The molecule has 1 aliphatic heterocycles. The maximum atomic E-state index is 13.1. The zero-order chi connectivity index (χ0) is 23.2. The predicted molar refractivity (Wildman–Crippen MR) is 125 cm³/mol. The van der Waals surface area contributed by atoms with E-state index in [4.69, 9.17) is 0 Å². The first-order valence-corrected chi connectivity index (χ1v) is 13.2. The number of aliphatic hydroxyl groups excluding tert-OH is 1. The van der Waals surface area contributed by atoms with Crippen LogP contribution in [0.2, 0.25) is 0 Å². The summed E-state index contributed by atoms with van der Waals surface area (Å²) in [6.07, 6.45) is 5.49. The van der Waals surface area contributed by atoms with Crippen molar-refractivity contribution in [2.45, 2.75) is 82.4 Å². The quantitative estimate of drug-likeness (QED) is 0.556. The second-order valence-electron chi connectivity index (χ2n) is 9.93. The number of nitrogens with one attached hydrogen (secondary N) is 2. The van der Waals surface area contributed by atoms with Gasteiger partial charge in [0.15, 0.2) is 0 Å². The molecule has 3 atom stereocenters. The summed E-state index contributed by atoms with van der Waals surface area (Å²) in [5.74, 6) is 0. The monoisotopic (exact) mass is 464 g/mol. The Morgan fingerprint density at radius 1 is 1.12 bits per heavy atom. The molecule has 1 heterocycles. The molecule has 4 rings (SSSR count). The number of rotatable bonds is 6. The molecule has 0 spiro atoms. The van der Waals surface area contributed by atoms with Gasteiger partial charge in [0.2, 0.25) is 10.0 Å². The van der Waals surface area contributed by atoms with Crippen LogP contribution in [0, 0.1) is 0 Å². The van der Waals surface area contributed by atoms with Crippen molar-refractivity contribution in [3.05, 3.63) is 28.3 Å². The number of urea groups is 1. The van der Waals surface area contributed by atoms with E-state index in [0.29, 0.717) is 0 Å². The van der Waals surface area contributed by atoms with Crippen molar-refractivity contribution in [1.82, 2.24) is 14.5 Å². The number of likely N-dealkylation sites (N-methyl/N-ethyl adjacent to an activating group) is 1. The van der Waals surface area contributed by atoms with Crippen LogP contribution in [0.15, 0.2) is 6.07 Å². The lowest BCUT2D eigenvalue weighted by atomic mass is 9.99. The third-order valence-electron chi connectivity index (χ3n) is 7.27. The summed E-state index contributed by atoms with van der Waals surface area (Å²) in [6.45, 7) is 4.26. The molecule has 178 valence electrons. The molecule has 3 aliphatic rings. The van der Waals surface area contributed by atoms with Crippen LogP contribution >= 0.6 is 0 Å². The van der Waals surface area contributed by atoms with Crippen molar-refractivity contribution in [3.8, 4) is 0 Å². The summed E-state index contributed by atoms with van der Waals surface area (Å²) in [7, 11) is -0.357. The molecule has 1 fully saturated rings. The Kier molecular flexibility index (Phi) is 6.55. The van der Waals surface area contributed by atoms with Gasteiger partial charge in [0.1, 0.15) is 6.23 Å². The van der Waals surface area contributed by atoms with E-state index in [1.165, 1.54) is 22.3 Å². The molecule has 3 N–H and O–H groups in total. The van der Waals surface area contributed by atoms with Crippen LogP contribution in [0.1, 0.15) is 55.4 Å². The number of carbonyl (C=O) groups excluding carboxylic acids is 1. The van der Waals surface area contributed by atoms with Gasteiger partial charge in [-0.3, -0.25) is 9.80 Å². The molecule has 1 aromatic rings. The van der Waals surface area contributed by atoms with Gasteiger partial charge in [0, 0.05) is 18.3 Å². The highest BCUT2D eigenvalue weighted by Crippen LogP contribution is 2.38. The maximum absolute atomic E-state index is 13.1. The molecule has 0 bridgehead atoms. The van der Waals surface area contributed by atoms with Gasteiger partial charge in [0.05, 0.1) is 11.3 Å². The zero-order valence-electron chi connectivity index (χ0n) is 19.5. The van der Waals surface area contributed by atoms with Crippen molar-refractivity contribution in [3.63, 3.8) is 0 Å². The Morgan fingerprint density at radius 2 is 1.72 bits per heavy atom. The van der Waals surface area contributed by atoms with E-state index in [0.717, 1.165) is 44.2 Å². The van der Waals surface area contributed by atoms with Crippen LogP contribution in [-0.2, 0) is 35.7 Å². The van der Waals surface area contributed by atoms with E-state index < -0.39 is 27.5 Å². The first kappa shape index (κ1) is 23.5. The fraction of sp³-hybridized carbons (Fsp3) is 0.696. The molecule has 1 aromatic carbocycles. The van der Waals surface area contributed by atoms with Gasteiger partial charge >= 0.3 is 6.03 Å². The Morgan fingerprint density at radius 3 is 2.25 bits per heavy atom. The van der Waals surface area contributed by atoms with Gasteiger partial charge in [-0.2, -0.15) is 0 Å². The van der Waals surface area contributed by atoms with Gasteiger partial charge in [-0.25, -0.2) is 17.9 Å². The van der Waals surface area contributed by atoms with Crippen molar-refractivity contribution < 1.29 is 18.3 Å². The van der Waals surface area contributed by atoms with Crippen molar-refractivity contribution in [2.75, 3.05) is 26.0 Å².